The van der Waals surface area contributed by atoms with Crippen molar-refractivity contribution in [1.82, 2.24) is 9.88 Å². The minimum Gasteiger partial charge on any atom is -0.481 e. The number of nitrogens with zero attached hydrogens (tertiary/aromatic N) is 3. The summed E-state index contributed by atoms with van der Waals surface area (Å²) in [4.78, 5) is 17.0. The van der Waals surface area contributed by atoms with E-state index in [1.807, 2.05) is 12.1 Å². The molecule has 0 aliphatic carbocycles. The van der Waals surface area contributed by atoms with Crippen molar-refractivity contribution < 1.29 is 9.90 Å². The van der Waals surface area contributed by atoms with Gasteiger partial charge in [0, 0.05) is 31.4 Å². The highest BCUT2D eigenvalue weighted by Gasteiger charge is 2.34. The third kappa shape index (κ3) is 2.49. The number of carboxylic acids is 1. The van der Waals surface area contributed by atoms with E-state index < -0.39 is 5.97 Å². The molecule has 2 rings (SSSR count). The van der Waals surface area contributed by atoms with Crippen LogP contribution in [0.25, 0.3) is 0 Å². The number of aromatic nitrogens is 1. The Bertz CT molecular complexity index is 489. The topological polar surface area (TPSA) is 77.2 Å². The van der Waals surface area contributed by atoms with E-state index in [9.17, 15) is 4.79 Å². The Hall–Kier alpha value is -1.93. The largest absolute Gasteiger partial charge is 0.481 e. The van der Waals surface area contributed by atoms with E-state index in [0.29, 0.717) is 12.2 Å². The van der Waals surface area contributed by atoms with Crippen LogP contribution >= 0.6 is 0 Å². The van der Waals surface area contributed by atoms with Crippen LogP contribution in [-0.4, -0.2) is 34.0 Å². The molecule has 0 spiro atoms. The molecule has 2 heterocycles. The zero-order valence-electron chi connectivity index (χ0n) is 10.2. The van der Waals surface area contributed by atoms with Crippen molar-refractivity contribution in [2.75, 3.05) is 13.1 Å². The molecule has 0 amide bonds. The van der Waals surface area contributed by atoms with Gasteiger partial charge in [-0.2, -0.15) is 5.26 Å². The third-order valence-electron chi connectivity index (χ3n) is 3.47. The zero-order chi connectivity index (χ0) is 13.1. The lowest BCUT2D eigenvalue weighted by Crippen LogP contribution is -2.50. The lowest BCUT2D eigenvalue weighted by molar-refractivity contribution is -0.145. The van der Waals surface area contributed by atoms with Gasteiger partial charge in [-0.3, -0.25) is 9.69 Å². The van der Waals surface area contributed by atoms with Crippen molar-refractivity contribution >= 4 is 5.97 Å². The second kappa shape index (κ2) is 5.15. The lowest BCUT2D eigenvalue weighted by atomic mass is 9.87. The van der Waals surface area contributed by atoms with E-state index in [2.05, 4.69) is 16.0 Å². The molecular weight excluding hydrogens is 230 g/mol. The Morgan fingerprint density at radius 2 is 2.44 bits per heavy atom. The van der Waals surface area contributed by atoms with Gasteiger partial charge in [0.15, 0.2) is 0 Å². The van der Waals surface area contributed by atoms with Crippen LogP contribution in [0.5, 0.6) is 0 Å². The fraction of sp³-hybridized carbons (Fsp3) is 0.462. The highest BCUT2D eigenvalue weighted by atomic mass is 16.4. The third-order valence-corrected chi connectivity index (χ3v) is 3.47. The van der Waals surface area contributed by atoms with Crippen molar-refractivity contribution in [2.45, 2.75) is 13.5 Å². The van der Waals surface area contributed by atoms with Crippen molar-refractivity contribution in [3.8, 4) is 6.07 Å². The van der Waals surface area contributed by atoms with E-state index in [0.717, 1.165) is 18.7 Å². The predicted octanol–water partition coefficient (Wildman–Crippen LogP) is 1.11. The smallest absolute Gasteiger partial charge is 0.306 e. The van der Waals surface area contributed by atoms with Crippen LogP contribution in [0.1, 0.15) is 18.2 Å². The second-order valence-corrected chi connectivity index (χ2v) is 4.70. The summed E-state index contributed by atoms with van der Waals surface area (Å²) in [5.41, 5.74) is 1.36. The summed E-state index contributed by atoms with van der Waals surface area (Å²) in [6.07, 6.45) is 1.60. The molecule has 5 nitrogen and oxygen atoms in total. The van der Waals surface area contributed by atoms with Crippen LogP contribution in [0.3, 0.4) is 0 Å². The van der Waals surface area contributed by atoms with E-state index in [1.54, 1.807) is 13.1 Å². The monoisotopic (exact) mass is 245 g/mol. The van der Waals surface area contributed by atoms with Gasteiger partial charge in [0.1, 0.15) is 11.8 Å². The molecule has 94 valence electrons. The van der Waals surface area contributed by atoms with Gasteiger partial charge in [-0.25, -0.2) is 4.98 Å². The van der Waals surface area contributed by atoms with E-state index in [-0.39, 0.29) is 11.8 Å². The maximum absolute atomic E-state index is 10.8. The first-order valence-corrected chi connectivity index (χ1v) is 5.91. The molecule has 1 fully saturated rings. The first-order chi connectivity index (χ1) is 8.61. The van der Waals surface area contributed by atoms with Gasteiger partial charge in [0.2, 0.25) is 0 Å². The molecule has 1 saturated heterocycles. The van der Waals surface area contributed by atoms with Gasteiger partial charge in [0.05, 0.1) is 5.92 Å². The van der Waals surface area contributed by atoms with Crippen LogP contribution in [0.4, 0.5) is 0 Å². The average Bonchev–Trinajstić information content (AvgIpc) is 2.32. The van der Waals surface area contributed by atoms with Crippen molar-refractivity contribution in [3.05, 3.63) is 29.6 Å². The first kappa shape index (κ1) is 12.5. The molecule has 0 saturated carbocycles. The van der Waals surface area contributed by atoms with Crippen molar-refractivity contribution in [1.29, 1.82) is 5.26 Å². The minimum absolute atomic E-state index is 0.213. The highest BCUT2D eigenvalue weighted by molar-refractivity contribution is 5.70. The molecule has 18 heavy (non-hydrogen) atoms. The van der Waals surface area contributed by atoms with Gasteiger partial charge in [-0.1, -0.05) is 13.0 Å². The number of likely N-dealkylation sites (tertiary alicyclic amines) is 1. The lowest BCUT2D eigenvalue weighted by Gasteiger charge is -2.41. The molecule has 5 heteroatoms. The molecule has 1 aromatic rings. The summed E-state index contributed by atoms with van der Waals surface area (Å²) in [5.74, 6) is -0.825. The van der Waals surface area contributed by atoms with Gasteiger partial charge < -0.3 is 5.11 Å². The average molecular weight is 245 g/mol. The summed E-state index contributed by atoms with van der Waals surface area (Å²) in [7, 11) is 0. The summed E-state index contributed by atoms with van der Waals surface area (Å²) < 4.78 is 0. The standard InChI is InChI=1S/C13H15N3O2/c1-9(13(17)18)11-7-16(8-11)6-10-3-2-4-15-12(10)5-14/h2-4,9,11H,6-8H2,1H3,(H,17,18). The minimum atomic E-state index is -0.737. The number of aliphatic carboxylic acids is 1. The number of hydrogen-bond acceptors (Lipinski definition) is 4. The molecule has 0 radical (unpaired) electrons. The number of pyridine rings is 1. The zero-order valence-corrected chi connectivity index (χ0v) is 10.2. The Kier molecular flexibility index (Phi) is 3.58. The van der Waals surface area contributed by atoms with E-state index in [4.69, 9.17) is 10.4 Å². The molecule has 0 bridgehead atoms. The molecule has 1 aliphatic rings. The first-order valence-electron chi connectivity index (χ1n) is 5.91. The number of carbonyl (C=O) groups is 1. The van der Waals surface area contributed by atoms with Gasteiger partial charge in [-0.15, -0.1) is 0 Å². The number of hydrogen-bond donors (Lipinski definition) is 1. The van der Waals surface area contributed by atoms with E-state index in [1.165, 1.54) is 0 Å². The van der Waals surface area contributed by atoms with Gasteiger partial charge in [-0.05, 0) is 12.0 Å². The highest BCUT2D eigenvalue weighted by Crippen LogP contribution is 2.25. The van der Waals surface area contributed by atoms with Crippen LogP contribution < -0.4 is 0 Å². The van der Waals surface area contributed by atoms with Crippen molar-refractivity contribution in [2.24, 2.45) is 11.8 Å². The quantitative estimate of drug-likeness (QED) is 0.859. The van der Waals surface area contributed by atoms with Gasteiger partial charge >= 0.3 is 5.97 Å². The maximum atomic E-state index is 10.8. The van der Waals surface area contributed by atoms with Crippen molar-refractivity contribution in [3.63, 3.8) is 0 Å². The Labute approximate surface area is 106 Å². The predicted molar refractivity (Wildman–Crippen MR) is 64.5 cm³/mol. The molecule has 1 unspecified atom stereocenters. The molecule has 1 aliphatic heterocycles. The summed E-state index contributed by atoms with van der Waals surface area (Å²) >= 11 is 0. The SMILES string of the molecule is CC(C(=O)O)C1CN(Cc2cccnc2C#N)C1. The summed E-state index contributed by atoms with van der Waals surface area (Å²) in [6.45, 7) is 3.95. The molecule has 1 aromatic heterocycles. The van der Waals surface area contributed by atoms with Crippen LogP contribution in [0.15, 0.2) is 18.3 Å². The fourth-order valence-corrected chi connectivity index (χ4v) is 2.16. The van der Waals surface area contributed by atoms with Gasteiger partial charge in [0.25, 0.3) is 0 Å². The number of nitriles is 1. The van der Waals surface area contributed by atoms with Crippen LogP contribution in [0, 0.1) is 23.2 Å². The molecule has 0 aromatic carbocycles. The molecule has 1 N–H and O–H groups in total. The molecular formula is C13H15N3O2. The number of carboxylic acid groups (broad SMARTS) is 1. The Morgan fingerprint density at radius 1 is 1.72 bits per heavy atom. The summed E-state index contributed by atoms with van der Waals surface area (Å²) in [5, 5.41) is 17.8. The van der Waals surface area contributed by atoms with Crippen LogP contribution in [-0.2, 0) is 11.3 Å². The normalized spacial score (nSPS) is 17.8. The number of rotatable bonds is 4. The van der Waals surface area contributed by atoms with E-state index >= 15 is 0 Å². The Balaban J connectivity index is 1.91. The molecule has 1 atom stereocenters. The van der Waals surface area contributed by atoms with Crippen LogP contribution in [0.2, 0.25) is 0 Å². The fourth-order valence-electron chi connectivity index (χ4n) is 2.16. The Morgan fingerprint density at radius 3 is 3.06 bits per heavy atom. The maximum Gasteiger partial charge on any atom is 0.306 e. The summed E-state index contributed by atoms with van der Waals surface area (Å²) in [6, 6.07) is 5.77. The second-order valence-electron chi connectivity index (χ2n) is 4.70.